The first kappa shape index (κ1) is 14.7. The summed E-state index contributed by atoms with van der Waals surface area (Å²) >= 11 is 0. The van der Waals surface area contributed by atoms with Crippen molar-refractivity contribution in [2.24, 2.45) is 0 Å². The van der Waals surface area contributed by atoms with E-state index in [-0.39, 0.29) is 6.04 Å². The van der Waals surface area contributed by atoms with Gasteiger partial charge >= 0.3 is 0 Å². The quantitative estimate of drug-likeness (QED) is 0.869. The summed E-state index contributed by atoms with van der Waals surface area (Å²) in [6.45, 7) is 7.08. The lowest BCUT2D eigenvalue weighted by atomic mass is 9.99. The summed E-state index contributed by atoms with van der Waals surface area (Å²) in [6, 6.07) is 10.7. The van der Waals surface area contributed by atoms with Gasteiger partial charge in [-0.05, 0) is 50.6 Å². The Balaban J connectivity index is 2.18. The van der Waals surface area contributed by atoms with Crippen LogP contribution >= 0.6 is 0 Å². The third-order valence-corrected chi connectivity index (χ3v) is 3.50. The Labute approximate surface area is 121 Å². The number of aryl methyl sites for hydroxylation is 2. The van der Waals surface area contributed by atoms with E-state index in [0.29, 0.717) is 0 Å². The number of hydrogen-bond acceptors (Lipinski definition) is 3. The molecule has 0 aliphatic heterocycles. The fraction of sp³-hybridized carbons (Fsp3) is 0.412. The van der Waals surface area contributed by atoms with Crippen LogP contribution in [0.2, 0.25) is 0 Å². The van der Waals surface area contributed by atoms with Crippen molar-refractivity contribution in [1.29, 1.82) is 0 Å². The van der Waals surface area contributed by atoms with E-state index in [4.69, 9.17) is 9.15 Å². The number of likely N-dealkylation sites (N-methyl/N-ethyl adjacent to an activating group) is 1. The van der Waals surface area contributed by atoms with Gasteiger partial charge in [-0.15, -0.1) is 0 Å². The van der Waals surface area contributed by atoms with Gasteiger partial charge in [-0.2, -0.15) is 0 Å². The Morgan fingerprint density at radius 1 is 1.20 bits per heavy atom. The minimum absolute atomic E-state index is 0.283. The zero-order valence-corrected chi connectivity index (χ0v) is 12.7. The average Bonchev–Trinajstić information content (AvgIpc) is 2.78. The monoisotopic (exact) mass is 273 g/mol. The molecule has 1 atom stereocenters. The lowest BCUT2D eigenvalue weighted by molar-refractivity contribution is 0.414. The van der Waals surface area contributed by atoms with E-state index in [0.717, 1.165) is 30.2 Å². The van der Waals surface area contributed by atoms with E-state index in [1.54, 1.807) is 7.11 Å². The van der Waals surface area contributed by atoms with E-state index in [9.17, 15) is 0 Å². The topological polar surface area (TPSA) is 34.4 Å². The highest BCUT2D eigenvalue weighted by atomic mass is 16.5. The molecule has 0 bridgehead atoms. The number of hydrogen-bond donors (Lipinski definition) is 1. The summed E-state index contributed by atoms with van der Waals surface area (Å²) in [5.41, 5.74) is 2.54. The van der Waals surface area contributed by atoms with Crippen LogP contribution in [0.25, 0.3) is 0 Å². The molecule has 0 saturated heterocycles. The van der Waals surface area contributed by atoms with Crippen LogP contribution in [0.4, 0.5) is 0 Å². The summed E-state index contributed by atoms with van der Waals surface area (Å²) < 4.78 is 10.9. The number of nitrogens with one attached hydrogen (secondary N) is 1. The molecule has 1 aromatic carbocycles. The van der Waals surface area contributed by atoms with E-state index < -0.39 is 0 Å². The Morgan fingerprint density at radius 3 is 2.40 bits per heavy atom. The van der Waals surface area contributed by atoms with Gasteiger partial charge in [0.15, 0.2) is 0 Å². The van der Waals surface area contributed by atoms with Crippen molar-refractivity contribution in [2.45, 2.75) is 33.2 Å². The molecular weight excluding hydrogens is 250 g/mol. The smallest absolute Gasteiger partial charge is 0.118 e. The highest BCUT2D eigenvalue weighted by Gasteiger charge is 2.16. The van der Waals surface area contributed by atoms with Crippen molar-refractivity contribution in [2.75, 3.05) is 13.7 Å². The molecule has 1 heterocycles. The Kier molecular flexibility index (Phi) is 4.85. The summed E-state index contributed by atoms with van der Waals surface area (Å²) in [7, 11) is 1.69. The van der Waals surface area contributed by atoms with Crippen molar-refractivity contribution < 1.29 is 9.15 Å². The first-order valence-electron chi connectivity index (χ1n) is 7.07. The number of benzene rings is 1. The zero-order chi connectivity index (χ0) is 14.5. The van der Waals surface area contributed by atoms with E-state index in [1.807, 2.05) is 26.0 Å². The second-order valence-corrected chi connectivity index (χ2v) is 5.03. The average molecular weight is 273 g/mol. The normalized spacial score (nSPS) is 12.4. The third kappa shape index (κ3) is 3.42. The van der Waals surface area contributed by atoms with E-state index in [2.05, 4.69) is 30.4 Å². The van der Waals surface area contributed by atoms with Gasteiger partial charge in [-0.3, -0.25) is 0 Å². The lowest BCUT2D eigenvalue weighted by Gasteiger charge is -2.17. The molecule has 20 heavy (non-hydrogen) atoms. The Bertz CT molecular complexity index is 543. The van der Waals surface area contributed by atoms with Crippen molar-refractivity contribution in [3.8, 4) is 5.75 Å². The van der Waals surface area contributed by atoms with Crippen LogP contribution in [-0.4, -0.2) is 13.7 Å². The van der Waals surface area contributed by atoms with Crippen LogP contribution in [0.3, 0.4) is 0 Å². The molecule has 2 aromatic rings. The first-order valence-corrected chi connectivity index (χ1v) is 7.07. The molecular formula is C17H23NO2. The lowest BCUT2D eigenvalue weighted by Crippen LogP contribution is -2.23. The summed E-state index contributed by atoms with van der Waals surface area (Å²) in [5, 5.41) is 3.54. The molecule has 1 N–H and O–H groups in total. The Hall–Kier alpha value is -1.74. The fourth-order valence-corrected chi connectivity index (χ4v) is 2.53. The molecule has 1 aromatic heterocycles. The van der Waals surface area contributed by atoms with Gasteiger partial charge in [0.25, 0.3) is 0 Å². The zero-order valence-electron chi connectivity index (χ0n) is 12.7. The maximum atomic E-state index is 5.66. The molecule has 0 saturated carbocycles. The van der Waals surface area contributed by atoms with Gasteiger partial charge in [-0.25, -0.2) is 0 Å². The van der Waals surface area contributed by atoms with Gasteiger partial charge in [0.05, 0.1) is 7.11 Å². The minimum Gasteiger partial charge on any atom is -0.497 e. The van der Waals surface area contributed by atoms with Crippen LogP contribution in [0.15, 0.2) is 34.7 Å². The predicted octanol–water partition coefficient (Wildman–Crippen LogP) is 3.80. The molecule has 1 unspecified atom stereocenters. The summed E-state index contributed by atoms with van der Waals surface area (Å²) in [6.07, 6.45) is 0.942. The second-order valence-electron chi connectivity index (χ2n) is 5.03. The molecule has 0 radical (unpaired) electrons. The number of furan rings is 1. The van der Waals surface area contributed by atoms with Crippen LogP contribution in [0.1, 0.15) is 35.6 Å². The molecule has 3 nitrogen and oxygen atoms in total. The molecule has 108 valence electrons. The number of methoxy groups -OCH3 is 1. The Morgan fingerprint density at radius 2 is 1.90 bits per heavy atom. The molecule has 0 spiro atoms. The van der Waals surface area contributed by atoms with Crippen LogP contribution in [-0.2, 0) is 6.42 Å². The van der Waals surface area contributed by atoms with Gasteiger partial charge < -0.3 is 14.5 Å². The maximum absolute atomic E-state index is 5.66. The maximum Gasteiger partial charge on any atom is 0.118 e. The number of ether oxygens (including phenoxy) is 1. The van der Waals surface area contributed by atoms with E-state index >= 15 is 0 Å². The van der Waals surface area contributed by atoms with Gasteiger partial charge in [0.1, 0.15) is 17.3 Å². The minimum atomic E-state index is 0.283. The molecule has 0 aliphatic carbocycles. The van der Waals surface area contributed by atoms with Crippen LogP contribution in [0, 0.1) is 13.8 Å². The SMILES string of the molecule is CCNC(Cc1ccc(OC)cc1)c1cc(C)oc1C. The fourth-order valence-electron chi connectivity index (χ4n) is 2.53. The summed E-state index contributed by atoms with van der Waals surface area (Å²) in [4.78, 5) is 0. The van der Waals surface area contributed by atoms with Gasteiger partial charge in [0, 0.05) is 11.6 Å². The van der Waals surface area contributed by atoms with Crippen LogP contribution < -0.4 is 10.1 Å². The molecule has 2 rings (SSSR count). The van der Waals surface area contributed by atoms with Crippen LogP contribution in [0.5, 0.6) is 5.75 Å². The third-order valence-electron chi connectivity index (χ3n) is 3.50. The van der Waals surface area contributed by atoms with Gasteiger partial charge in [0.2, 0.25) is 0 Å². The molecule has 3 heteroatoms. The molecule has 0 aliphatic rings. The predicted molar refractivity (Wildman–Crippen MR) is 81.3 cm³/mol. The highest BCUT2D eigenvalue weighted by molar-refractivity contribution is 5.30. The highest BCUT2D eigenvalue weighted by Crippen LogP contribution is 2.25. The van der Waals surface area contributed by atoms with Crippen molar-refractivity contribution in [3.05, 3.63) is 53.0 Å². The van der Waals surface area contributed by atoms with Crippen molar-refractivity contribution in [1.82, 2.24) is 5.32 Å². The van der Waals surface area contributed by atoms with Gasteiger partial charge in [-0.1, -0.05) is 19.1 Å². The number of rotatable bonds is 6. The molecule has 0 fully saturated rings. The summed E-state index contributed by atoms with van der Waals surface area (Å²) in [5.74, 6) is 2.86. The van der Waals surface area contributed by atoms with Crippen molar-refractivity contribution >= 4 is 0 Å². The first-order chi connectivity index (χ1) is 9.63. The second kappa shape index (κ2) is 6.62. The largest absolute Gasteiger partial charge is 0.497 e. The molecule has 0 amide bonds. The van der Waals surface area contributed by atoms with Crippen molar-refractivity contribution in [3.63, 3.8) is 0 Å². The van der Waals surface area contributed by atoms with E-state index in [1.165, 1.54) is 11.1 Å². The standard InChI is InChI=1S/C17H23NO2/c1-5-18-17(16-10-12(2)20-13(16)3)11-14-6-8-15(19-4)9-7-14/h6-10,17-18H,5,11H2,1-4H3.